The first kappa shape index (κ1) is 16.7. The van der Waals surface area contributed by atoms with Crippen LogP contribution < -0.4 is 10.2 Å². The van der Waals surface area contributed by atoms with Gasteiger partial charge in [-0.05, 0) is 25.7 Å². The zero-order valence-electron chi connectivity index (χ0n) is 14.0. The van der Waals surface area contributed by atoms with Crippen LogP contribution in [0.4, 0.5) is 5.13 Å². The second-order valence-corrected chi connectivity index (χ2v) is 7.64. The number of hydrogen-bond donors (Lipinski definition) is 1. The van der Waals surface area contributed by atoms with Gasteiger partial charge in [0.1, 0.15) is 0 Å². The van der Waals surface area contributed by atoms with Crippen LogP contribution in [0.15, 0.2) is 11.6 Å². The molecule has 1 saturated heterocycles. The first-order valence-electron chi connectivity index (χ1n) is 8.90. The van der Waals surface area contributed by atoms with Crippen molar-refractivity contribution in [3.05, 3.63) is 11.6 Å². The van der Waals surface area contributed by atoms with Gasteiger partial charge in [-0.2, -0.15) is 0 Å². The van der Waals surface area contributed by atoms with Gasteiger partial charge in [-0.3, -0.25) is 9.69 Å². The van der Waals surface area contributed by atoms with Crippen LogP contribution in [0.1, 0.15) is 39.0 Å². The van der Waals surface area contributed by atoms with Gasteiger partial charge < -0.3 is 10.2 Å². The van der Waals surface area contributed by atoms with E-state index < -0.39 is 0 Å². The fraction of sp³-hybridized carbons (Fsp3) is 0.765. The molecule has 1 aromatic rings. The van der Waals surface area contributed by atoms with Crippen molar-refractivity contribution < 1.29 is 4.79 Å². The standard InChI is InChI=1S/C17H28N4OS/c1-14(16(22)19-13-15-5-3-2-4-6-15)20-8-10-21(11-9-20)17-18-7-12-23-17/h7,12,14-15H,2-6,8-11,13H2,1H3,(H,19,22). The number of aromatic nitrogens is 1. The summed E-state index contributed by atoms with van der Waals surface area (Å²) >= 11 is 1.69. The Morgan fingerprint density at radius 2 is 2.04 bits per heavy atom. The lowest BCUT2D eigenvalue weighted by Gasteiger charge is -2.37. The largest absolute Gasteiger partial charge is 0.354 e. The molecule has 0 aromatic carbocycles. The third kappa shape index (κ3) is 4.44. The molecule has 1 atom stereocenters. The van der Waals surface area contributed by atoms with E-state index in [0.29, 0.717) is 5.92 Å². The predicted octanol–water partition coefficient (Wildman–Crippen LogP) is 2.35. The summed E-state index contributed by atoms with van der Waals surface area (Å²) in [5.74, 6) is 0.889. The van der Waals surface area contributed by atoms with Crippen molar-refractivity contribution in [3.8, 4) is 0 Å². The molecule has 23 heavy (non-hydrogen) atoms. The first-order chi connectivity index (χ1) is 11.2. The lowest BCUT2D eigenvalue weighted by atomic mass is 9.89. The van der Waals surface area contributed by atoms with Crippen molar-refractivity contribution >= 4 is 22.4 Å². The minimum absolute atomic E-state index is 0.0305. The Kier molecular flexibility index (Phi) is 5.89. The zero-order chi connectivity index (χ0) is 16.1. The van der Waals surface area contributed by atoms with E-state index in [1.807, 2.05) is 18.5 Å². The summed E-state index contributed by atoms with van der Waals surface area (Å²) in [4.78, 5) is 21.4. The topological polar surface area (TPSA) is 48.5 Å². The molecule has 1 aliphatic heterocycles. The third-order valence-electron chi connectivity index (χ3n) is 5.22. The first-order valence-corrected chi connectivity index (χ1v) is 9.78. The molecule has 1 N–H and O–H groups in total. The Morgan fingerprint density at radius 1 is 1.30 bits per heavy atom. The monoisotopic (exact) mass is 336 g/mol. The summed E-state index contributed by atoms with van der Waals surface area (Å²) < 4.78 is 0. The summed E-state index contributed by atoms with van der Waals surface area (Å²) in [5.41, 5.74) is 0. The molecular weight excluding hydrogens is 308 g/mol. The molecule has 3 rings (SSSR count). The number of amides is 1. The number of thiazole rings is 1. The second-order valence-electron chi connectivity index (χ2n) is 6.76. The van der Waals surface area contributed by atoms with Crippen LogP contribution in [-0.4, -0.2) is 54.6 Å². The van der Waals surface area contributed by atoms with E-state index >= 15 is 0 Å². The predicted molar refractivity (Wildman–Crippen MR) is 94.9 cm³/mol. The van der Waals surface area contributed by atoms with E-state index in [1.165, 1.54) is 32.1 Å². The van der Waals surface area contributed by atoms with Crippen LogP contribution in [0, 0.1) is 5.92 Å². The quantitative estimate of drug-likeness (QED) is 0.897. The van der Waals surface area contributed by atoms with Crippen LogP contribution >= 0.6 is 11.3 Å². The Bertz CT molecular complexity index is 479. The average Bonchev–Trinajstić information content (AvgIpc) is 3.15. The minimum Gasteiger partial charge on any atom is -0.354 e. The lowest BCUT2D eigenvalue weighted by Crippen LogP contribution is -2.54. The minimum atomic E-state index is -0.0305. The summed E-state index contributed by atoms with van der Waals surface area (Å²) in [6, 6.07) is -0.0305. The van der Waals surface area contributed by atoms with E-state index in [2.05, 4.69) is 20.1 Å². The van der Waals surface area contributed by atoms with Gasteiger partial charge in [0.05, 0.1) is 6.04 Å². The van der Waals surface area contributed by atoms with Gasteiger partial charge in [0.2, 0.25) is 5.91 Å². The van der Waals surface area contributed by atoms with E-state index in [-0.39, 0.29) is 11.9 Å². The van der Waals surface area contributed by atoms with Crippen LogP contribution in [0.2, 0.25) is 0 Å². The SMILES string of the molecule is CC(C(=O)NCC1CCCCC1)N1CCN(c2nccs2)CC1. The number of piperazine rings is 1. The Hall–Kier alpha value is -1.14. The molecule has 0 bridgehead atoms. The fourth-order valence-electron chi connectivity index (χ4n) is 3.62. The Labute approximate surface area is 143 Å². The van der Waals surface area contributed by atoms with Crippen LogP contribution in [-0.2, 0) is 4.79 Å². The maximum absolute atomic E-state index is 12.4. The van der Waals surface area contributed by atoms with Gasteiger partial charge in [0.25, 0.3) is 0 Å². The van der Waals surface area contributed by atoms with E-state index in [9.17, 15) is 4.79 Å². The highest BCUT2D eigenvalue weighted by atomic mass is 32.1. The smallest absolute Gasteiger partial charge is 0.237 e. The van der Waals surface area contributed by atoms with E-state index in [0.717, 1.165) is 37.9 Å². The Morgan fingerprint density at radius 3 is 2.70 bits per heavy atom. The third-order valence-corrected chi connectivity index (χ3v) is 6.05. The molecule has 0 spiro atoms. The molecule has 2 aliphatic rings. The highest BCUT2D eigenvalue weighted by Crippen LogP contribution is 2.23. The molecule has 1 saturated carbocycles. The number of rotatable bonds is 5. The van der Waals surface area contributed by atoms with Crippen LogP contribution in [0.5, 0.6) is 0 Å². The van der Waals surface area contributed by atoms with Gasteiger partial charge in [-0.25, -0.2) is 4.98 Å². The van der Waals surface area contributed by atoms with Crippen molar-refractivity contribution in [3.63, 3.8) is 0 Å². The summed E-state index contributed by atoms with van der Waals surface area (Å²) in [5, 5.41) is 6.30. The molecule has 1 aromatic heterocycles. The molecule has 5 nitrogen and oxygen atoms in total. The molecule has 128 valence electrons. The normalized spacial score (nSPS) is 22.0. The fourth-order valence-corrected chi connectivity index (χ4v) is 4.32. The van der Waals surface area contributed by atoms with Gasteiger partial charge in [0.15, 0.2) is 5.13 Å². The number of carbonyl (C=O) groups is 1. The van der Waals surface area contributed by atoms with Crippen LogP contribution in [0.25, 0.3) is 0 Å². The van der Waals surface area contributed by atoms with Crippen molar-refractivity contribution in [1.82, 2.24) is 15.2 Å². The number of nitrogens with zero attached hydrogens (tertiary/aromatic N) is 3. The van der Waals surface area contributed by atoms with Crippen molar-refractivity contribution in [2.75, 3.05) is 37.6 Å². The molecule has 2 heterocycles. The number of carbonyl (C=O) groups excluding carboxylic acids is 1. The second kappa shape index (κ2) is 8.11. The number of anilines is 1. The molecule has 1 aliphatic carbocycles. The maximum Gasteiger partial charge on any atom is 0.237 e. The molecule has 1 unspecified atom stereocenters. The molecular formula is C17H28N4OS. The Balaban J connectivity index is 1.41. The molecule has 6 heteroatoms. The lowest BCUT2D eigenvalue weighted by molar-refractivity contribution is -0.126. The summed E-state index contributed by atoms with van der Waals surface area (Å²) in [6.45, 7) is 6.66. The van der Waals surface area contributed by atoms with E-state index in [4.69, 9.17) is 0 Å². The van der Waals surface area contributed by atoms with Crippen molar-refractivity contribution in [1.29, 1.82) is 0 Å². The summed E-state index contributed by atoms with van der Waals surface area (Å²) in [7, 11) is 0. The average molecular weight is 337 g/mol. The zero-order valence-corrected chi connectivity index (χ0v) is 14.9. The molecule has 1 amide bonds. The number of hydrogen-bond acceptors (Lipinski definition) is 5. The van der Waals surface area contributed by atoms with Crippen LogP contribution in [0.3, 0.4) is 0 Å². The van der Waals surface area contributed by atoms with Crippen molar-refractivity contribution in [2.24, 2.45) is 5.92 Å². The van der Waals surface area contributed by atoms with Gasteiger partial charge >= 0.3 is 0 Å². The molecule has 0 radical (unpaired) electrons. The van der Waals surface area contributed by atoms with Crippen molar-refractivity contribution in [2.45, 2.75) is 45.1 Å². The maximum atomic E-state index is 12.4. The van der Waals surface area contributed by atoms with Gasteiger partial charge in [-0.15, -0.1) is 11.3 Å². The van der Waals surface area contributed by atoms with Gasteiger partial charge in [0, 0.05) is 44.3 Å². The highest BCUT2D eigenvalue weighted by Gasteiger charge is 2.26. The number of nitrogens with one attached hydrogen (secondary N) is 1. The highest BCUT2D eigenvalue weighted by molar-refractivity contribution is 7.13. The van der Waals surface area contributed by atoms with E-state index in [1.54, 1.807) is 11.3 Å². The molecule has 2 fully saturated rings. The van der Waals surface area contributed by atoms with Gasteiger partial charge in [-0.1, -0.05) is 19.3 Å². The summed E-state index contributed by atoms with van der Waals surface area (Å²) in [6.07, 6.45) is 8.43.